The molecule has 0 amide bonds. The Balaban J connectivity index is 1.52. The number of carbonyl (C=O) groups is 2. The molecule has 5 nitrogen and oxygen atoms in total. The van der Waals surface area contributed by atoms with Gasteiger partial charge in [0.1, 0.15) is 11.5 Å². The molecule has 4 rings (SSSR count). The number of rotatable bonds is 11. The molecule has 1 atom stereocenters. The van der Waals surface area contributed by atoms with E-state index in [4.69, 9.17) is 16.1 Å². The summed E-state index contributed by atoms with van der Waals surface area (Å²) in [6, 6.07) is 5.63. The molecule has 6 heteroatoms. The predicted octanol–water partition coefficient (Wildman–Crippen LogP) is 6.81. The molecule has 0 unspecified atom stereocenters. The van der Waals surface area contributed by atoms with Gasteiger partial charge in [-0.15, -0.1) is 0 Å². The van der Waals surface area contributed by atoms with Crippen LogP contribution in [-0.2, 0) is 16.0 Å². The number of Topliss-reactive ketones (excluding diaryl/α,β-unsaturated/α-hetero) is 1. The fraction of sp³-hybridized carbons (Fsp3) is 0.593. The number of carboxylic acids is 1. The van der Waals surface area contributed by atoms with Crippen molar-refractivity contribution in [2.45, 2.75) is 89.9 Å². The second-order valence-electron chi connectivity index (χ2n) is 10.6. The number of hydrogen-bond donors (Lipinski definition) is 1. The van der Waals surface area contributed by atoms with Crippen molar-refractivity contribution in [2.75, 3.05) is 0 Å². The molecule has 2 aliphatic carbocycles. The van der Waals surface area contributed by atoms with Crippen LogP contribution in [0.2, 0.25) is 5.02 Å². The van der Waals surface area contributed by atoms with E-state index in [1.54, 1.807) is 6.07 Å². The summed E-state index contributed by atoms with van der Waals surface area (Å²) in [6.45, 7) is 6.47. The van der Waals surface area contributed by atoms with E-state index in [2.05, 4.69) is 19.0 Å². The summed E-state index contributed by atoms with van der Waals surface area (Å²) < 4.78 is 5.88. The molecule has 1 N–H and O–H groups in total. The van der Waals surface area contributed by atoms with Crippen LogP contribution in [0.1, 0.15) is 105 Å². The molecule has 1 aromatic heterocycles. The van der Waals surface area contributed by atoms with E-state index in [0.717, 1.165) is 54.1 Å². The van der Waals surface area contributed by atoms with E-state index in [1.807, 2.05) is 19.1 Å². The highest BCUT2D eigenvalue weighted by atomic mass is 35.5. The minimum Gasteiger partial charge on any atom is -0.481 e. The SMILES string of the molecule is Cc1ccc(Cl)c(CC(=O)C[C@@H](CC(=O)O)c2noc(C3CC(CC(C)C)C3)c2C2CC2)c1. The fourth-order valence-electron chi connectivity index (χ4n) is 5.38. The largest absolute Gasteiger partial charge is 0.481 e. The normalized spacial score (nSPS) is 21.1. The van der Waals surface area contributed by atoms with Gasteiger partial charge in [0.25, 0.3) is 0 Å². The van der Waals surface area contributed by atoms with Gasteiger partial charge >= 0.3 is 5.97 Å². The monoisotopic (exact) mass is 471 g/mol. The topological polar surface area (TPSA) is 80.4 Å². The highest BCUT2D eigenvalue weighted by molar-refractivity contribution is 6.31. The first-order chi connectivity index (χ1) is 15.7. The van der Waals surface area contributed by atoms with Crippen LogP contribution in [0.15, 0.2) is 22.7 Å². The van der Waals surface area contributed by atoms with Gasteiger partial charge in [-0.05, 0) is 68.4 Å². The number of aliphatic carboxylic acids is 1. The molecule has 1 aromatic carbocycles. The van der Waals surface area contributed by atoms with Crippen molar-refractivity contribution in [3.8, 4) is 0 Å². The van der Waals surface area contributed by atoms with Crippen molar-refractivity contribution in [2.24, 2.45) is 11.8 Å². The van der Waals surface area contributed by atoms with Crippen molar-refractivity contribution in [3.05, 3.63) is 51.4 Å². The molecule has 2 aromatic rings. The van der Waals surface area contributed by atoms with Gasteiger partial charge in [-0.2, -0.15) is 0 Å². The van der Waals surface area contributed by atoms with Crippen LogP contribution in [0.3, 0.4) is 0 Å². The Labute approximate surface area is 200 Å². The van der Waals surface area contributed by atoms with Crippen LogP contribution in [0, 0.1) is 18.8 Å². The summed E-state index contributed by atoms with van der Waals surface area (Å²) in [4.78, 5) is 24.7. The zero-order valence-corrected chi connectivity index (χ0v) is 20.5. The van der Waals surface area contributed by atoms with Gasteiger partial charge in [-0.25, -0.2) is 0 Å². The number of halogens is 1. The first-order valence-electron chi connectivity index (χ1n) is 12.2. The predicted molar refractivity (Wildman–Crippen MR) is 128 cm³/mol. The lowest BCUT2D eigenvalue weighted by Crippen LogP contribution is -2.24. The summed E-state index contributed by atoms with van der Waals surface area (Å²) in [6.07, 6.45) is 5.81. The van der Waals surface area contributed by atoms with Gasteiger partial charge in [0.2, 0.25) is 0 Å². The van der Waals surface area contributed by atoms with E-state index >= 15 is 0 Å². The second-order valence-corrected chi connectivity index (χ2v) is 11.0. The van der Waals surface area contributed by atoms with Crippen LogP contribution in [-0.4, -0.2) is 22.0 Å². The minimum absolute atomic E-state index is 0.0271. The number of benzene rings is 1. The van der Waals surface area contributed by atoms with Gasteiger partial charge in [-0.3, -0.25) is 9.59 Å². The Kier molecular flexibility index (Phi) is 7.28. The zero-order valence-electron chi connectivity index (χ0n) is 19.8. The molecule has 1 heterocycles. The number of carboxylic acid groups (broad SMARTS) is 1. The summed E-state index contributed by atoms with van der Waals surface area (Å²) in [7, 11) is 0. The molecule has 178 valence electrons. The second kappa shape index (κ2) is 10.0. The van der Waals surface area contributed by atoms with Gasteiger partial charge in [0, 0.05) is 35.3 Å². The maximum absolute atomic E-state index is 13.0. The number of carbonyl (C=O) groups excluding carboxylic acids is 1. The third-order valence-corrected chi connectivity index (χ3v) is 7.42. The van der Waals surface area contributed by atoms with E-state index in [0.29, 0.717) is 28.5 Å². The molecular formula is C27H34ClNO4. The molecule has 2 aliphatic rings. The molecule has 0 bridgehead atoms. The van der Waals surface area contributed by atoms with Crippen molar-refractivity contribution in [1.82, 2.24) is 5.16 Å². The third kappa shape index (κ3) is 5.87. The van der Waals surface area contributed by atoms with E-state index in [1.165, 1.54) is 6.42 Å². The molecule has 0 spiro atoms. The van der Waals surface area contributed by atoms with Crippen molar-refractivity contribution < 1.29 is 19.2 Å². The Hall–Kier alpha value is -2.14. The maximum Gasteiger partial charge on any atom is 0.304 e. The molecule has 2 saturated carbocycles. The van der Waals surface area contributed by atoms with Crippen molar-refractivity contribution in [3.63, 3.8) is 0 Å². The van der Waals surface area contributed by atoms with Crippen molar-refractivity contribution >= 4 is 23.4 Å². The highest BCUT2D eigenvalue weighted by Gasteiger charge is 2.42. The first kappa shape index (κ1) is 24.0. The summed E-state index contributed by atoms with van der Waals surface area (Å²) in [5, 5.41) is 14.5. The molecule has 33 heavy (non-hydrogen) atoms. The zero-order chi connectivity index (χ0) is 23.7. The van der Waals surface area contributed by atoms with Gasteiger partial charge in [-0.1, -0.05) is 48.3 Å². The Morgan fingerprint density at radius 3 is 2.55 bits per heavy atom. The summed E-state index contributed by atoms with van der Waals surface area (Å²) in [5.41, 5.74) is 3.63. The number of nitrogens with zero attached hydrogens (tertiary/aromatic N) is 1. The van der Waals surface area contributed by atoms with Crippen LogP contribution < -0.4 is 0 Å². The van der Waals surface area contributed by atoms with Gasteiger partial charge in [0.15, 0.2) is 0 Å². The lowest BCUT2D eigenvalue weighted by atomic mass is 9.69. The number of aromatic nitrogens is 1. The standard InChI is InChI=1S/C27H34ClNO4/c1-15(2)8-17-10-21(11-17)27-25(18-5-6-18)26(29-33-27)20(14-24(31)32)13-22(30)12-19-9-16(3)4-7-23(19)28/h4,7,9,15,17-18,20-21H,5-6,8,10-14H2,1-3H3,(H,31,32)/t17?,20-,21?/m0/s1. The quantitative estimate of drug-likeness (QED) is 0.389. The Bertz CT molecular complexity index is 1020. The Morgan fingerprint density at radius 2 is 1.91 bits per heavy atom. The number of hydrogen-bond acceptors (Lipinski definition) is 4. The molecule has 0 saturated heterocycles. The van der Waals surface area contributed by atoms with Crippen LogP contribution in [0.5, 0.6) is 0 Å². The molecule has 0 aliphatic heterocycles. The smallest absolute Gasteiger partial charge is 0.304 e. The third-order valence-electron chi connectivity index (χ3n) is 7.05. The number of aryl methyl sites for hydroxylation is 1. The minimum atomic E-state index is -0.923. The average molecular weight is 472 g/mol. The highest BCUT2D eigenvalue weighted by Crippen LogP contribution is 2.52. The van der Waals surface area contributed by atoms with E-state index < -0.39 is 11.9 Å². The lowest BCUT2D eigenvalue weighted by Gasteiger charge is -2.35. The van der Waals surface area contributed by atoms with E-state index in [9.17, 15) is 14.7 Å². The van der Waals surface area contributed by atoms with Crippen LogP contribution in [0.4, 0.5) is 0 Å². The molecule has 2 fully saturated rings. The van der Waals surface area contributed by atoms with E-state index in [-0.39, 0.29) is 25.0 Å². The van der Waals surface area contributed by atoms with Crippen molar-refractivity contribution in [1.29, 1.82) is 0 Å². The maximum atomic E-state index is 13.0. The molecule has 0 radical (unpaired) electrons. The lowest BCUT2D eigenvalue weighted by molar-refractivity contribution is -0.137. The Morgan fingerprint density at radius 1 is 1.18 bits per heavy atom. The fourth-order valence-corrected chi connectivity index (χ4v) is 5.56. The summed E-state index contributed by atoms with van der Waals surface area (Å²) >= 11 is 6.28. The molecular weight excluding hydrogens is 438 g/mol. The first-order valence-corrected chi connectivity index (χ1v) is 12.6. The average Bonchev–Trinajstić information content (AvgIpc) is 3.44. The van der Waals surface area contributed by atoms with Crippen LogP contribution in [0.25, 0.3) is 0 Å². The van der Waals surface area contributed by atoms with Gasteiger partial charge in [0.05, 0.1) is 12.1 Å². The summed E-state index contributed by atoms with van der Waals surface area (Å²) in [5.74, 6) is 1.72. The number of ketones is 1. The van der Waals surface area contributed by atoms with Gasteiger partial charge < -0.3 is 9.63 Å². The van der Waals surface area contributed by atoms with Crippen LogP contribution >= 0.6 is 11.6 Å².